The zero-order chi connectivity index (χ0) is 25.9. The summed E-state index contributed by atoms with van der Waals surface area (Å²) in [5, 5.41) is 24.1. The van der Waals surface area contributed by atoms with E-state index in [9.17, 15) is 19.8 Å². The third-order valence-electron chi connectivity index (χ3n) is 7.91. The van der Waals surface area contributed by atoms with Crippen molar-refractivity contribution in [2.24, 2.45) is 17.6 Å². The van der Waals surface area contributed by atoms with Gasteiger partial charge in [0.05, 0.1) is 34.4 Å². The Bertz CT molecular complexity index is 1220. The number of amides is 3. The van der Waals surface area contributed by atoms with Crippen LogP contribution in [-0.2, 0) is 6.42 Å². The number of carbonyl (C=O) groups excluding carboxylic acids is 2. The zero-order valence-electron chi connectivity index (χ0n) is 20.9. The maximum Gasteiger partial charge on any atom is 0.321 e. The summed E-state index contributed by atoms with van der Waals surface area (Å²) in [7, 11) is 0. The Morgan fingerprint density at radius 2 is 1.95 bits per heavy atom. The number of nitrogens with one attached hydrogen (secondary N) is 1. The van der Waals surface area contributed by atoms with Crippen molar-refractivity contribution in [3.8, 4) is 0 Å². The number of carbonyl (C=O) groups is 2. The van der Waals surface area contributed by atoms with Crippen LogP contribution in [0.1, 0.15) is 79.2 Å². The lowest BCUT2D eigenvalue weighted by molar-refractivity contribution is -0.0150. The van der Waals surface area contributed by atoms with Crippen molar-refractivity contribution in [2.75, 3.05) is 6.54 Å². The molecule has 2 heterocycles. The molecule has 37 heavy (non-hydrogen) atoms. The molecule has 2 aliphatic carbocycles. The number of urea groups is 1. The molecule has 5 N–H and O–H groups in total. The summed E-state index contributed by atoms with van der Waals surface area (Å²) in [5.74, 6) is -0.265. The number of imide groups is 1. The molecule has 0 spiro atoms. The first-order valence-electron chi connectivity index (χ1n) is 13.3. The van der Waals surface area contributed by atoms with Crippen LogP contribution in [0.25, 0.3) is 11.0 Å². The molecule has 2 aliphatic rings. The number of imidazole rings is 1. The molecule has 2 fully saturated rings. The van der Waals surface area contributed by atoms with Gasteiger partial charge in [-0.2, -0.15) is 0 Å². The van der Waals surface area contributed by atoms with Crippen LogP contribution < -0.4 is 5.73 Å². The molecule has 1 aromatic carbocycles. The number of aliphatic hydroxyl groups is 2. The van der Waals surface area contributed by atoms with E-state index in [4.69, 9.17) is 5.73 Å². The highest BCUT2D eigenvalue weighted by Gasteiger charge is 2.40. The Morgan fingerprint density at radius 3 is 2.62 bits per heavy atom. The van der Waals surface area contributed by atoms with Crippen LogP contribution in [0.4, 0.5) is 4.79 Å². The third-order valence-corrected chi connectivity index (χ3v) is 8.55. The van der Waals surface area contributed by atoms with E-state index in [2.05, 4.69) is 15.0 Å². The fourth-order valence-electron chi connectivity index (χ4n) is 5.67. The van der Waals surface area contributed by atoms with Crippen LogP contribution >= 0.6 is 11.3 Å². The fourth-order valence-corrected chi connectivity index (χ4v) is 6.26. The molecule has 10 heteroatoms. The average Bonchev–Trinajstić information content (AvgIpc) is 3.43. The minimum atomic E-state index is -0.906. The molecule has 3 amide bonds. The molecule has 2 aromatic heterocycles. The molecule has 0 radical (unpaired) electrons. The van der Waals surface area contributed by atoms with Crippen molar-refractivity contribution in [3.63, 3.8) is 0 Å². The monoisotopic (exact) mass is 525 g/mol. The number of hydrogen-bond acceptors (Lipinski definition) is 7. The highest BCUT2D eigenvalue weighted by Crippen LogP contribution is 2.42. The van der Waals surface area contributed by atoms with Crippen molar-refractivity contribution < 1.29 is 19.8 Å². The van der Waals surface area contributed by atoms with Crippen molar-refractivity contribution in [1.29, 1.82) is 0 Å². The summed E-state index contributed by atoms with van der Waals surface area (Å²) < 4.78 is 0. The highest BCUT2D eigenvalue weighted by atomic mass is 32.1. The van der Waals surface area contributed by atoms with Gasteiger partial charge in [-0.25, -0.2) is 14.8 Å². The summed E-state index contributed by atoms with van der Waals surface area (Å²) in [5.41, 5.74) is 10.1. The maximum atomic E-state index is 13.3. The number of aliphatic hydroxyl groups excluding tert-OH is 2. The van der Waals surface area contributed by atoms with Crippen LogP contribution in [-0.4, -0.2) is 60.8 Å². The lowest BCUT2D eigenvalue weighted by Gasteiger charge is -2.32. The first kappa shape index (κ1) is 25.8. The van der Waals surface area contributed by atoms with Gasteiger partial charge in [0.15, 0.2) is 5.82 Å². The topological polar surface area (TPSA) is 145 Å². The second-order valence-electron chi connectivity index (χ2n) is 10.5. The molecule has 0 bridgehead atoms. The van der Waals surface area contributed by atoms with Gasteiger partial charge < -0.3 is 20.9 Å². The number of nitrogens with zero attached hydrogens (tertiary/aromatic N) is 3. The molecule has 3 aromatic rings. The summed E-state index contributed by atoms with van der Waals surface area (Å²) in [6.07, 6.45) is 7.21. The first-order chi connectivity index (χ1) is 17.9. The third kappa shape index (κ3) is 5.86. The van der Waals surface area contributed by atoms with Gasteiger partial charge in [0.2, 0.25) is 0 Å². The zero-order valence-corrected chi connectivity index (χ0v) is 21.7. The lowest BCUT2D eigenvalue weighted by Crippen LogP contribution is -2.42. The van der Waals surface area contributed by atoms with E-state index >= 15 is 0 Å². The molecule has 9 nitrogen and oxygen atoms in total. The second kappa shape index (κ2) is 11.3. The Hall–Kier alpha value is -2.82. The van der Waals surface area contributed by atoms with Crippen molar-refractivity contribution >= 4 is 34.3 Å². The summed E-state index contributed by atoms with van der Waals surface area (Å²) in [6, 6.07) is 4.79. The van der Waals surface area contributed by atoms with E-state index in [1.165, 1.54) is 30.6 Å². The molecular formula is C27H35N5O4S. The van der Waals surface area contributed by atoms with E-state index in [0.717, 1.165) is 48.3 Å². The Labute approximate surface area is 220 Å². The number of aromatic amines is 1. The SMILES string of the molecule is NC(=O)N(CCc1cscn1)C(=O)c1nc2c([C@H](CC3CCCCC3)[C@@H](O)[C@@H](O)C3CC3)cccc2[nH]1. The van der Waals surface area contributed by atoms with Crippen LogP contribution in [0.5, 0.6) is 0 Å². The average molecular weight is 526 g/mol. The fraction of sp³-hybridized carbons (Fsp3) is 0.556. The van der Waals surface area contributed by atoms with Gasteiger partial charge in [0.25, 0.3) is 5.91 Å². The number of hydrogen-bond donors (Lipinski definition) is 4. The van der Waals surface area contributed by atoms with E-state index in [-0.39, 0.29) is 24.2 Å². The Kier molecular flexibility index (Phi) is 7.87. The van der Waals surface area contributed by atoms with Crippen molar-refractivity contribution in [3.05, 3.63) is 46.2 Å². The molecule has 198 valence electrons. The van der Waals surface area contributed by atoms with Crippen LogP contribution in [0.15, 0.2) is 29.1 Å². The van der Waals surface area contributed by atoms with E-state index in [1.807, 2.05) is 23.6 Å². The number of H-pyrrole nitrogens is 1. The van der Waals surface area contributed by atoms with E-state index in [1.54, 1.807) is 5.51 Å². The molecule has 0 aliphatic heterocycles. The highest BCUT2D eigenvalue weighted by molar-refractivity contribution is 7.07. The van der Waals surface area contributed by atoms with Crippen molar-refractivity contribution in [1.82, 2.24) is 19.9 Å². The van der Waals surface area contributed by atoms with Gasteiger partial charge in [-0.15, -0.1) is 11.3 Å². The Balaban J connectivity index is 1.44. The largest absolute Gasteiger partial charge is 0.390 e. The number of primary amides is 1. The van der Waals surface area contributed by atoms with Gasteiger partial charge in [-0.3, -0.25) is 9.69 Å². The molecular weight excluding hydrogens is 490 g/mol. The van der Waals surface area contributed by atoms with Gasteiger partial charge >= 0.3 is 6.03 Å². The molecule has 0 saturated heterocycles. The molecule has 5 rings (SSSR count). The van der Waals surface area contributed by atoms with Crippen LogP contribution in [0, 0.1) is 11.8 Å². The number of nitrogens with two attached hydrogens (primary N) is 1. The Morgan fingerprint density at radius 1 is 1.16 bits per heavy atom. The maximum absolute atomic E-state index is 13.3. The summed E-state index contributed by atoms with van der Waals surface area (Å²) in [4.78, 5) is 38.3. The van der Waals surface area contributed by atoms with Gasteiger partial charge in [0, 0.05) is 24.3 Å². The molecule has 3 atom stereocenters. The van der Waals surface area contributed by atoms with Gasteiger partial charge in [-0.1, -0.05) is 44.2 Å². The van der Waals surface area contributed by atoms with Gasteiger partial charge in [-0.05, 0) is 42.7 Å². The first-order valence-corrected chi connectivity index (χ1v) is 14.2. The lowest BCUT2D eigenvalue weighted by atomic mass is 9.77. The number of para-hydroxylation sites is 1. The molecule has 0 unspecified atom stereocenters. The van der Waals surface area contributed by atoms with E-state index < -0.39 is 24.1 Å². The van der Waals surface area contributed by atoms with Crippen molar-refractivity contribution in [2.45, 2.75) is 75.9 Å². The smallest absolute Gasteiger partial charge is 0.321 e. The second-order valence-corrected chi connectivity index (χ2v) is 11.2. The normalized spacial score (nSPS) is 19.0. The molecule has 2 saturated carbocycles. The van der Waals surface area contributed by atoms with E-state index in [0.29, 0.717) is 23.4 Å². The number of benzene rings is 1. The predicted octanol–water partition coefficient (Wildman–Crippen LogP) is 3.97. The quantitative estimate of drug-likeness (QED) is 0.315. The standard InChI is InChI=1S/C27H35N5O4S/c28-27(36)32(12-11-18-14-37-15-29-18)26(35)25-30-21-8-4-7-19(22(21)31-25)20(13-16-5-2-1-3-6-16)24(34)23(33)17-9-10-17/h4,7-8,14-17,20,23-24,33-34H,1-3,5-6,9-13H2,(H2,28,36)(H,30,31)/t20-,23-,24+/m0/s1. The number of aromatic nitrogens is 3. The van der Waals surface area contributed by atoms with Crippen LogP contribution in [0.2, 0.25) is 0 Å². The predicted molar refractivity (Wildman–Crippen MR) is 141 cm³/mol. The number of rotatable bonds is 10. The minimum absolute atomic E-state index is 0.0215. The summed E-state index contributed by atoms with van der Waals surface area (Å²) in [6.45, 7) is 0.0956. The summed E-state index contributed by atoms with van der Waals surface area (Å²) >= 11 is 1.45. The minimum Gasteiger partial charge on any atom is -0.390 e. The van der Waals surface area contributed by atoms with Gasteiger partial charge in [0.1, 0.15) is 0 Å². The van der Waals surface area contributed by atoms with Crippen LogP contribution in [0.3, 0.4) is 0 Å². The number of fused-ring (bicyclic) bond motifs is 1. The number of thiazole rings is 1.